The summed E-state index contributed by atoms with van der Waals surface area (Å²) in [5, 5.41) is 9.99. The number of hydrogen-bond donors (Lipinski definition) is 1. The quantitative estimate of drug-likeness (QED) is 0.836. The van der Waals surface area contributed by atoms with Crippen LogP contribution in [0.2, 0.25) is 0 Å². The van der Waals surface area contributed by atoms with E-state index in [0.29, 0.717) is 6.54 Å². The van der Waals surface area contributed by atoms with E-state index in [1.54, 1.807) is 0 Å². The number of hydrogen-bond acceptors (Lipinski definition) is 2. The third-order valence-electron chi connectivity index (χ3n) is 3.72. The molecule has 0 saturated heterocycles. The molecule has 21 heavy (non-hydrogen) atoms. The average molecular weight is 283 g/mol. The zero-order valence-corrected chi connectivity index (χ0v) is 13.0. The molecule has 2 aromatic rings. The molecule has 2 rings (SSSR count). The van der Waals surface area contributed by atoms with Crippen LogP contribution in [0.3, 0.4) is 0 Å². The van der Waals surface area contributed by atoms with E-state index in [-0.39, 0.29) is 6.10 Å². The Morgan fingerprint density at radius 2 is 1.48 bits per heavy atom. The summed E-state index contributed by atoms with van der Waals surface area (Å²) in [6, 6.07) is 19.1. The van der Waals surface area contributed by atoms with E-state index in [2.05, 4.69) is 60.4 Å². The molecule has 0 saturated carbocycles. The second kappa shape index (κ2) is 7.96. The molecule has 2 aromatic carbocycles. The summed E-state index contributed by atoms with van der Waals surface area (Å²) in [6.07, 6.45) is 0.526. The summed E-state index contributed by atoms with van der Waals surface area (Å²) in [5.74, 6) is 0. The minimum Gasteiger partial charge on any atom is -0.392 e. The van der Waals surface area contributed by atoms with Gasteiger partial charge in [-0.25, -0.2) is 0 Å². The van der Waals surface area contributed by atoms with Gasteiger partial charge in [0.05, 0.1) is 6.10 Å². The van der Waals surface area contributed by atoms with Crippen molar-refractivity contribution in [3.05, 3.63) is 71.3 Å². The molecule has 0 heterocycles. The molecule has 1 atom stereocenters. The van der Waals surface area contributed by atoms with Crippen LogP contribution in [0.25, 0.3) is 0 Å². The standard InChI is InChI=1S/C19H25NO/c1-3-19(21)15-20(13-17-7-5-4-6-8-17)14-18-11-9-16(2)10-12-18/h4-12,19,21H,3,13-15H2,1-2H3/t19-/m1/s1. The van der Waals surface area contributed by atoms with Crippen LogP contribution in [0, 0.1) is 6.92 Å². The molecule has 0 amide bonds. The Bertz CT molecular complexity index is 521. The first-order chi connectivity index (χ1) is 10.2. The van der Waals surface area contributed by atoms with Gasteiger partial charge in [-0.2, -0.15) is 0 Å². The number of aliphatic hydroxyl groups excluding tert-OH is 1. The maximum absolute atomic E-state index is 9.99. The summed E-state index contributed by atoms with van der Waals surface area (Å²) in [6.45, 7) is 6.57. The Morgan fingerprint density at radius 1 is 0.905 bits per heavy atom. The van der Waals surface area contributed by atoms with E-state index in [0.717, 1.165) is 19.5 Å². The zero-order valence-electron chi connectivity index (χ0n) is 13.0. The highest BCUT2D eigenvalue weighted by atomic mass is 16.3. The molecular weight excluding hydrogens is 258 g/mol. The lowest BCUT2D eigenvalue weighted by atomic mass is 10.1. The monoisotopic (exact) mass is 283 g/mol. The van der Waals surface area contributed by atoms with Crippen molar-refractivity contribution >= 4 is 0 Å². The fraction of sp³-hybridized carbons (Fsp3) is 0.368. The van der Waals surface area contributed by atoms with E-state index in [9.17, 15) is 5.11 Å². The van der Waals surface area contributed by atoms with Gasteiger partial charge in [0.2, 0.25) is 0 Å². The van der Waals surface area contributed by atoms with Crippen molar-refractivity contribution in [3.63, 3.8) is 0 Å². The first-order valence-corrected chi connectivity index (χ1v) is 7.67. The molecule has 2 heteroatoms. The lowest BCUT2D eigenvalue weighted by molar-refractivity contribution is 0.101. The third-order valence-corrected chi connectivity index (χ3v) is 3.72. The maximum Gasteiger partial charge on any atom is 0.0664 e. The van der Waals surface area contributed by atoms with Crippen molar-refractivity contribution in [2.75, 3.05) is 6.54 Å². The Labute approximate surface area is 128 Å². The molecule has 1 N–H and O–H groups in total. The van der Waals surface area contributed by atoms with Crippen LogP contribution < -0.4 is 0 Å². The second-order valence-corrected chi connectivity index (χ2v) is 5.70. The second-order valence-electron chi connectivity index (χ2n) is 5.70. The Morgan fingerprint density at radius 3 is 2.05 bits per heavy atom. The average Bonchev–Trinajstić information content (AvgIpc) is 2.50. The van der Waals surface area contributed by atoms with Gasteiger partial charge in [0.25, 0.3) is 0 Å². The van der Waals surface area contributed by atoms with Gasteiger partial charge in [-0.05, 0) is 24.5 Å². The van der Waals surface area contributed by atoms with Gasteiger partial charge in [0.15, 0.2) is 0 Å². The van der Waals surface area contributed by atoms with Gasteiger partial charge in [-0.1, -0.05) is 67.1 Å². The smallest absolute Gasteiger partial charge is 0.0664 e. The molecule has 112 valence electrons. The summed E-state index contributed by atoms with van der Waals surface area (Å²) in [7, 11) is 0. The minimum absolute atomic E-state index is 0.265. The predicted molar refractivity (Wildman–Crippen MR) is 88.0 cm³/mol. The van der Waals surface area contributed by atoms with Crippen molar-refractivity contribution in [2.45, 2.75) is 39.5 Å². The fourth-order valence-electron chi connectivity index (χ4n) is 2.41. The number of nitrogens with zero attached hydrogens (tertiary/aromatic N) is 1. The first-order valence-electron chi connectivity index (χ1n) is 7.67. The van der Waals surface area contributed by atoms with Crippen molar-refractivity contribution < 1.29 is 5.11 Å². The Hall–Kier alpha value is -1.64. The van der Waals surface area contributed by atoms with Crippen molar-refractivity contribution in [1.29, 1.82) is 0 Å². The molecule has 0 aliphatic rings. The molecule has 0 bridgehead atoms. The van der Waals surface area contributed by atoms with Gasteiger partial charge < -0.3 is 5.11 Å². The summed E-state index contributed by atoms with van der Waals surface area (Å²) in [5.41, 5.74) is 3.86. The molecule has 0 aromatic heterocycles. The third kappa shape index (κ3) is 5.33. The van der Waals surface area contributed by atoms with Gasteiger partial charge in [0.1, 0.15) is 0 Å². The normalized spacial score (nSPS) is 12.6. The Balaban J connectivity index is 2.06. The Kier molecular flexibility index (Phi) is 5.97. The van der Waals surface area contributed by atoms with Crippen LogP contribution in [0.1, 0.15) is 30.0 Å². The van der Waals surface area contributed by atoms with Gasteiger partial charge in [-0.3, -0.25) is 4.90 Å². The van der Waals surface area contributed by atoms with Crippen LogP contribution in [0.15, 0.2) is 54.6 Å². The molecule has 0 aliphatic carbocycles. The molecule has 0 unspecified atom stereocenters. The summed E-state index contributed by atoms with van der Waals surface area (Å²) >= 11 is 0. The van der Waals surface area contributed by atoms with Crippen LogP contribution in [-0.2, 0) is 13.1 Å². The van der Waals surface area contributed by atoms with Gasteiger partial charge in [-0.15, -0.1) is 0 Å². The van der Waals surface area contributed by atoms with Gasteiger partial charge in [0, 0.05) is 19.6 Å². The largest absolute Gasteiger partial charge is 0.392 e. The van der Waals surface area contributed by atoms with Crippen LogP contribution >= 0.6 is 0 Å². The first kappa shape index (κ1) is 15.7. The molecular formula is C19H25NO. The van der Waals surface area contributed by atoms with E-state index in [1.807, 2.05) is 13.0 Å². The fourth-order valence-corrected chi connectivity index (χ4v) is 2.41. The highest BCUT2D eigenvalue weighted by molar-refractivity contribution is 5.21. The number of aryl methyl sites for hydroxylation is 1. The lowest BCUT2D eigenvalue weighted by Gasteiger charge is -2.25. The molecule has 0 radical (unpaired) electrons. The predicted octanol–water partition coefficient (Wildman–Crippen LogP) is 3.77. The van der Waals surface area contributed by atoms with Crippen LogP contribution in [-0.4, -0.2) is 22.7 Å². The molecule has 0 aliphatic heterocycles. The topological polar surface area (TPSA) is 23.5 Å². The van der Waals surface area contributed by atoms with E-state index < -0.39 is 0 Å². The zero-order chi connectivity index (χ0) is 15.1. The maximum atomic E-state index is 9.99. The SMILES string of the molecule is CC[C@@H](O)CN(Cc1ccccc1)Cc1ccc(C)cc1. The summed E-state index contributed by atoms with van der Waals surface area (Å²) in [4.78, 5) is 2.31. The minimum atomic E-state index is -0.265. The molecule has 2 nitrogen and oxygen atoms in total. The van der Waals surface area contributed by atoms with Crippen molar-refractivity contribution in [2.24, 2.45) is 0 Å². The highest BCUT2D eigenvalue weighted by Gasteiger charge is 2.11. The lowest BCUT2D eigenvalue weighted by Crippen LogP contribution is -2.31. The van der Waals surface area contributed by atoms with Crippen LogP contribution in [0.5, 0.6) is 0 Å². The number of aliphatic hydroxyl groups is 1. The molecule has 0 fully saturated rings. The number of benzene rings is 2. The summed E-state index contributed by atoms with van der Waals surface area (Å²) < 4.78 is 0. The van der Waals surface area contributed by atoms with Gasteiger partial charge >= 0.3 is 0 Å². The van der Waals surface area contributed by atoms with E-state index >= 15 is 0 Å². The molecule has 0 spiro atoms. The van der Waals surface area contributed by atoms with Crippen molar-refractivity contribution in [3.8, 4) is 0 Å². The van der Waals surface area contributed by atoms with Crippen molar-refractivity contribution in [1.82, 2.24) is 4.90 Å². The van der Waals surface area contributed by atoms with E-state index in [1.165, 1.54) is 16.7 Å². The highest BCUT2D eigenvalue weighted by Crippen LogP contribution is 2.12. The van der Waals surface area contributed by atoms with E-state index in [4.69, 9.17) is 0 Å². The number of rotatable bonds is 7. The van der Waals surface area contributed by atoms with Crippen LogP contribution in [0.4, 0.5) is 0 Å².